The van der Waals surface area contributed by atoms with E-state index in [-0.39, 0.29) is 16.3 Å². The Bertz CT molecular complexity index is 636. The molecule has 1 aromatic rings. The summed E-state index contributed by atoms with van der Waals surface area (Å²) in [4.78, 5) is 0.0568. The minimum absolute atomic E-state index is 0.0568. The van der Waals surface area contributed by atoms with Gasteiger partial charge in [0.25, 0.3) is 0 Å². The molecule has 0 aliphatic heterocycles. The topological polar surface area (TPSA) is 92.3 Å². The van der Waals surface area contributed by atoms with Gasteiger partial charge >= 0.3 is 0 Å². The Labute approximate surface area is 108 Å². The monoisotopic (exact) mass is 292 g/mol. The standard InChI is InChI=1S/C10H16N2O4S2/c1-4-17(13,14)12-9-6-5-8(2)10(7-9)18(15,16)11-3/h5-7,11-12H,4H2,1-3H3. The molecule has 0 aromatic heterocycles. The second kappa shape index (κ2) is 5.25. The molecule has 0 saturated heterocycles. The number of aryl methyl sites for hydroxylation is 1. The van der Waals surface area contributed by atoms with Crippen LogP contribution in [0, 0.1) is 6.92 Å². The molecule has 102 valence electrons. The number of anilines is 1. The Morgan fingerprint density at radius 3 is 2.28 bits per heavy atom. The molecule has 0 heterocycles. The molecule has 0 amide bonds. The van der Waals surface area contributed by atoms with Crippen molar-refractivity contribution in [2.24, 2.45) is 0 Å². The first-order chi connectivity index (χ1) is 8.22. The van der Waals surface area contributed by atoms with Gasteiger partial charge in [0.15, 0.2) is 0 Å². The van der Waals surface area contributed by atoms with Gasteiger partial charge in [0.1, 0.15) is 0 Å². The quantitative estimate of drug-likeness (QED) is 0.834. The molecule has 1 aromatic carbocycles. The van der Waals surface area contributed by atoms with Crippen LogP contribution in [0.15, 0.2) is 23.1 Å². The molecule has 6 nitrogen and oxygen atoms in total. The van der Waals surface area contributed by atoms with Gasteiger partial charge in [-0.05, 0) is 38.6 Å². The smallest absolute Gasteiger partial charge is 0.240 e. The van der Waals surface area contributed by atoms with E-state index in [2.05, 4.69) is 9.44 Å². The Morgan fingerprint density at radius 1 is 1.17 bits per heavy atom. The second-order valence-corrected chi connectivity index (χ2v) is 7.56. The third-order valence-corrected chi connectivity index (χ3v) is 5.26. The fourth-order valence-electron chi connectivity index (χ4n) is 1.31. The molecule has 0 aliphatic carbocycles. The van der Waals surface area contributed by atoms with Crippen molar-refractivity contribution in [3.05, 3.63) is 23.8 Å². The van der Waals surface area contributed by atoms with Crippen molar-refractivity contribution >= 4 is 25.7 Å². The molecule has 0 spiro atoms. The van der Waals surface area contributed by atoms with Crippen LogP contribution in [0.25, 0.3) is 0 Å². The molecule has 1 rings (SSSR count). The fourth-order valence-corrected chi connectivity index (χ4v) is 2.94. The zero-order chi connectivity index (χ0) is 14.0. The van der Waals surface area contributed by atoms with Crippen LogP contribution >= 0.6 is 0 Å². The summed E-state index contributed by atoms with van der Waals surface area (Å²) >= 11 is 0. The van der Waals surface area contributed by atoms with Crippen molar-refractivity contribution in [3.63, 3.8) is 0 Å². The first-order valence-electron chi connectivity index (χ1n) is 5.26. The molecule has 0 bridgehead atoms. The third-order valence-electron chi connectivity index (χ3n) is 2.40. The minimum atomic E-state index is -3.60. The van der Waals surface area contributed by atoms with E-state index in [4.69, 9.17) is 0 Å². The van der Waals surface area contributed by atoms with E-state index < -0.39 is 20.0 Å². The maximum atomic E-state index is 11.7. The molecule has 0 saturated carbocycles. The Kier molecular flexibility index (Phi) is 4.36. The Morgan fingerprint density at radius 2 is 1.78 bits per heavy atom. The first-order valence-corrected chi connectivity index (χ1v) is 8.40. The van der Waals surface area contributed by atoms with E-state index in [0.29, 0.717) is 5.56 Å². The zero-order valence-electron chi connectivity index (χ0n) is 10.4. The van der Waals surface area contributed by atoms with Crippen LogP contribution in [0.1, 0.15) is 12.5 Å². The lowest BCUT2D eigenvalue weighted by atomic mass is 10.2. The number of nitrogens with one attached hydrogen (secondary N) is 2. The van der Waals surface area contributed by atoms with Gasteiger partial charge < -0.3 is 0 Å². The average molecular weight is 292 g/mol. The number of sulfonamides is 2. The zero-order valence-corrected chi connectivity index (χ0v) is 12.0. The minimum Gasteiger partial charge on any atom is -0.284 e. The molecule has 0 atom stereocenters. The third kappa shape index (κ3) is 3.44. The maximum absolute atomic E-state index is 11.7. The van der Waals surface area contributed by atoms with Crippen LogP contribution in [0.4, 0.5) is 5.69 Å². The lowest BCUT2D eigenvalue weighted by molar-refractivity contribution is 0.587. The van der Waals surface area contributed by atoms with E-state index in [1.807, 2.05) is 0 Å². The van der Waals surface area contributed by atoms with Gasteiger partial charge in [-0.15, -0.1) is 0 Å². The van der Waals surface area contributed by atoms with E-state index >= 15 is 0 Å². The van der Waals surface area contributed by atoms with Gasteiger partial charge in [0.2, 0.25) is 20.0 Å². The summed E-state index contributed by atoms with van der Waals surface area (Å²) in [7, 11) is -5.71. The van der Waals surface area contributed by atoms with Gasteiger partial charge in [0, 0.05) is 5.69 Å². The largest absolute Gasteiger partial charge is 0.284 e. The van der Waals surface area contributed by atoms with Gasteiger partial charge in [-0.25, -0.2) is 21.6 Å². The summed E-state index contributed by atoms with van der Waals surface area (Å²) in [6.07, 6.45) is 0. The van der Waals surface area contributed by atoms with Crippen LogP contribution < -0.4 is 9.44 Å². The van der Waals surface area contributed by atoms with E-state index in [9.17, 15) is 16.8 Å². The van der Waals surface area contributed by atoms with Crippen molar-refractivity contribution in [1.29, 1.82) is 0 Å². The van der Waals surface area contributed by atoms with Crippen LogP contribution in [0.3, 0.4) is 0 Å². The van der Waals surface area contributed by atoms with E-state index in [1.54, 1.807) is 13.0 Å². The highest BCUT2D eigenvalue weighted by atomic mass is 32.2. The van der Waals surface area contributed by atoms with Crippen LogP contribution in [-0.2, 0) is 20.0 Å². The Hall–Kier alpha value is -1.12. The lowest BCUT2D eigenvalue weighted by Gasteiger charge is -2.10. The molecule has 8 heteroatoms. The van der Waals surface area contributed by atoms with Crippen molar-refractivity contribution in [2.45, 2.75) is 18.7 Å². The highest BCUT2D eigenvalue weighted by molar-refractivity contribution is 7.92. The fraction of sp³-hybridized carbons (Fsp3) is 0.400. The summed E-state index contributed by atoms with van der Waals surface area (Å²) in [6, 6.07) is 4.38. The van der Waals surface area contributed by atoms with Crippen LogP contribution in [0.2, 0.25) is 0 Å². The molecule has 18 heavy (non-hydrogen) atoms. The average Bonchev–Trinajstić information content (AvgIpc) is 2.31. The molecule has 0 fully saturated rings. The molecule has 0 radical (unpaired) electrons. The number of benzene rings is 1. The lowest BCUT2D eigenvalue weighted by Crippen LogP contribution is -2.20. The second-order valence-electron chi connectivity index (χ2n) is 3.69. The highest BCUT2D eigenvalue weighted by Gasteiger charge is 2.16. The SMILES string of the molecule is CCS(=O)(=O)Nc1ccc(C)c(S(=O)(=O)NC)c1. The predicted molar refractivity (Wildman–Crippen MR) is 70.5 cm³/mol. The van der Waals surface area contributed by atoms with Gasteiger partial charge in [-0.2, -0.15) is 0 Å². The Balaban J connectivity index is 3.26. The summed E-state index contributed by atoms with van der Waals surface area (Å²) in [5.41, 5.74) is 0.778. The molecular formula is C10H16N2O4S2. The summed E-state index contributed by atoms with van der Waals surface area (Å²) < 4.78 is 50.8. The van der Waals surface area contributed by atoms with E-state index in [1.165, 1.54) is 26.1 Å². The molecule has 0 aliphatic rings. The van der Waals surface area contributed by atoms with Crippen molar-refractivity contribution in [2.75, 3.05) is 17.5 Å². The van der Waals surface area contributed by atoms with Gasteiger partial charge in [0.05, 0.1) is 10.6 Å². The van der Waals surface area contributed by atoms with Crippen LogP contribution in [0.5, 0.6) is 0 Å². The number of rotatable bonds is 5. The summed E-state index contributed by atoms with van der Waals surface area (Å²) in [5.74, 6) is -0.0744. The highest BCUT2D eigenvalue weighted by Crippen LogP contribution is 2.20. The van der Waals surface area contributed by atoms with Gasteiger partial charge in [-0.1, -0.05) is 6.07 Å². The first kappa shape index (κ1) is 14.9. The molecular weight excluding hydrogens is 276 g/mol. The van der Waals surface area contributed by atoms with Crippen molar-refractivity contribution < 1.29 is 16.8 Å². The van der Waals surface area contributed by atoms with Crippen LogP contribution in [-0.4, -0.2) is 29.6 Å². The van der Waals surface area contributed by atoms with Crippen molar-refractivity contribution in [1.82, 2.24) is 4.72 Å². The maximum Gasteiger partial charge on any atom is 0.240 e. The van der Waals surface area contributed by atoms with E-state index in [0.717, 1.165) is 0 Å². The number of hydrogen-bond acceptors (Lipinski definition) is 4. The predicted octanol–water partition coefficient (Wildman–Crippen LogP) is 0.665. The summed E-state index contributed by atoms with van der Waals surface area (Å²) in [6.45, 7) is 3.14. The molecule has 2 N–H and O–H groups in total. The normalized spacial score (nSPS) is 12.4. The summed E-state index contributed by atoms with van der Waals surface area (Å²) in [5, 5.41) is 0. The number of hydrogen-bond donors (Lipinski definition) is 2. The van der Waals surface area contributed by atoms with Gasteiger partial charge in [-0.3, -0.25) is 4.72 Å². The molecule has 0 unspecified atom stereocenters. The van der Waals surface area contributed by atoms with Crippen molar-refractivity contribution in [3.8, 4) is 0 Å².